The van der Waals surface area contributed by atoms with Crippen LogP contribution in [0.2, 0.25) is 10.0 Å². The molecule has 0 bridgehead atoms. The lowest BCUT2D eigenvalue weighted by molar-refractivity contribution is -0.137. The van der Waals surface area contributed by atoms with Gasteiger partial charge < -0.3 is 14.4 Å². The van der Waals surface area contributed by atoms with Gasteiger partial charge in [-0.1, -0.05) is 23.2 Å². The van der Waals surface area contributed by atoms with Crippen molar-refractivity contribution >= 4 is 38.9 Å². The van der Waals surface area contributed by atoms with Crippen LogP contribution in [0.25, 0.3) is 0 Å². The Hall–Kier alpha value is -1.02. The minimum absolute atomic E-state index is 0.00678. The summed E-state index contributed by atoms with van der Waals surface area (Å²) in [5.74, 6) is 0.193. The number of carbonyl (C=O) groups is 1. The summed E-state index contributed by atoms with van der Waals surface area (Å²) >= 11 is 11.9. The molecule has 1 aromatic carbocycles. The molecule has 2 fully saturated rings. The molecule has 2 unspecified atom stereocenters. The topological polar surface area (TPSA) is 72.9 Å². The van der Waals surface area contributed by atoms with E-state index in [0.29, 0.717) is 35.4 Å². The zero-order valence-corrected chi connectivity index (χ0v) is 16.5. The van der Waals surface area contributed by atoms with Crippen LogP contribution in [0.1, 0.15) is 19.3 Å². The highest BCUT2D eigenvalue weighted by Gasteiger charge is 2.36. The zero-order valence-electron chi connectivity index (χ0n) is 14.2. The maximum atomic E-state index is 12.8. The molecule has 2 atom stereocenters. The molecule has 2 saturated heterocycles. The molecule has 2 aliphatic heterocycles. The Kier molecular flexibility index (Phi) is 6.33. The van der Waals surface area contributed by atoms with Crippen LogP contribution in [0, 0.1) is 0 Å². The summed E-state index contributed by atoms with van der Waals surface area (Å²) in [5, 5.41) is 0.796. The molecule has 6 nitrogen and oxygen atoms in total. The number of amides is 1. The number of ether oxygens (including phenoxy) is 2. The van der Waals surface area contributed by atoms with Gasteiger partial charge in [-0.2, -0.15) is 0 Å². The molecule has 9 heteroatoms. The molecule has 1 amide bonds. The van der Waals surface area contributed by atoms with Crippen LogP contribution in [-0.4, -0.2) is 62.6 Å². The first-order valence-electron chi connectivity index (χ1n) is 8.53. The smallest absolute Gasteiger partial charge is 0.260 e. The van der Waals surface area contributed by atoms with Crippen LogP contribution in [-0.2, 0) is 19.4 Å². The fraction of sp³-hybridized carbons (Fsp3) is 0.588. The van der Waals surface area contributed by atoms with Crippen molar-refractivity contribution in [3.05, 3.63) is 28.2 Å². The summed E-state index contributed by atoms with van der Waals surface area (Å²) in [4.78, 5) is 14.4. The Balaban J connectivity index is 1.67. The third kappa shape index (κ3) is 5.03. The number of carbonyl (C=O) groups excluding carboxylic acids is 1. The van der Waals surface area contributed by atoms with Crippen molar-refractivity contribution < 1.29 is 22.7 Å². The highest BCUT2D eigenvalue weighted by molar-refractivity contribution is 7.91. The molecule has 144 valence electrons. The minimum Gasteiger partial charge on any atom is -0.482 e. The molecule has 0 N–H and O–H groups in total. The number of benzene rings is 1. The molecular formula is C17H21Cl2NO5S. The fourth-order valence-corrected chi connectivity index (χ4v) is 5.49. The molecule has 3 rings (SSSR count). The van der Waals surface area contributed by atoms with E-state index in [1.165, 1.54) is 6.07 Å². The third-order valence-electron chi connectivity index (χ3n) is 4.64. The quantitative estimate of drug-likeness (QED) is 0.705. The number of sulfone groups is 1. The summed E-state index contributed by atoms with van der Waals surface area (Å²) in [5.41, 5.74) is 0. The lowest BCUT2D eigenvalue weighted by Gasteiger charge is -2.30. The summed E-state index contributed by atoms with van der Waals surface area (Å²) < 4.78 is 34.8. The Labute approximate surface area is 163 Å². The molecular weight excluding hydrogens is 401 g/mol. The summed E-state index contributed by atoms with van der Waals surface area (Å²) in [7, 11) is -3.10. The first kappa shape index (κ1) is 19.7. The Morgan fingerprint density at radius 1 is 1.31 bits per heavy atom. The Morgan fingerprint density at radius 3 is 2.73 bits per heavy atom. The van der Waals surface area contributed by atoms with Crippen LogP contribution in [0.4, 0.5) is 0 Å². The van der Waals surface area contributed by atoms with E-state index in [1.807, 2.05) is 0 Å². The number of halogens is 2. The number of hydrogen-bond donors (Lipinski definition) is 0. The van der Waals surface area contributed by atoms with Crippen molar-refractivity contribution in [2.75, 3.05) is 31.3 Å². The predicted molar refractivity (Wildman–Crippen MR) is 99.7 cm³/mol. The van der Waals surface area contributed by atoms with Gasteiger partial charge in [-0.05, 0) is 37.5 Å². The molecule has 0 saturated carbocycles. The average molecular weight is 422 g/mol. The van der Waals surface area contributed by atoms with Gasteiger partial charge in [-0.3, -0.25) is 4.79 Å². The van der Waals surface area contributed by atoms with Crippen LogP contribution in [0.5, 0.6) is 5.75 Å². The van der Waals surface area contributed by atoms with Crippen LogP contribution in [0.15, 0.2) is 18.2 Å². The Bertz CT molecular complexity index is 764. The molecule has 0 aliphatic carbocycles. The highest BCUT2D eigenvalue weighted by Crippen LogP contribution is 2.28. The van der Waals surface area contributed by atoms with E-state index in [4.69, 9.17) is 32.7 Å². The SMILES string of the molecule is O=C(COc1ccc(Cl)cc1Cl)N(CC1CCCO1)C1CCS(=O)(=O)C1. The van der Waals surface area contributed by atoms with Gasteiger partial charge in [0.05, 0.1) is 22.6 Å². The predicted octanol–water partition coefficient (Wildman–Crippen LogP) is 2.57. The monoisotopic (exact) mass is 421 g/mol. The van der Waals surface area contributed by atoms with Crippen LogP contribution in [0.3, 0.4) is 0 Å². The maximum Gasteiger partial charge on any atom is 0.260 e. The van der Waals surface area contributed by atoms with E-state index in [0.717, 1.165) is 12.8 Å². The number of rotatable bonds is 6. The van der Waals surface area contributed by atoms with Gasteiger partial charge in [0.1, 0.15) is 5.75 Å². The van der Waals surface area contributed by atoms with Crippen LogP contribution >= 0.6 is 23.2 Å². The maximum absolute atomic E-state index is 12.8. The lowest BCUT2D eigenvalue weighted by Crippen LogP contribution is -2.47. The van der Waals surface area contributed by atoms with Gasteiger partial charge >= 0.3 is 0 Å². The van der Waals surface area contributed by atoms with Gasteiger partial charge in [0.2, 0.25) is 0 Å². The second kappa shape index (κ2) is 8.33. The fourth-order valence-electron chi connectivity index (χ4n) is 3.30. The summed E-state index contributed by atoms with van der Waals surface area (Å²) in [6, 6.07) is 4.43. The molecule has 2 aliphatic rings. The second-order valence-corrected chi connectivity index (χ2v) is 9.67. The number of hydrogen-bond acceptors (Lipinski definition) is 5. The van der Waals surface area contributed by atoms with E-state index in [1.54, 1.807) is 17.0 Å². The van der Waals surface area contributed by atoms with Crippen molar-refractivity contribution in [3.8, 4) is 5.75 Å². The molecule has 2 heterocycles. The summed E-state index contributed by atoms with van der Waals surface area (Å²) in [6.07, 6.45) is 2.21. The minimum atomic E-state index is -3.10. The molecule has 0 radical (unpaired) electrons. The molecule has 26 heavy (non-hydrogen) atoms. The van der Waals surface area contributed by atoms with Gasteiger partial charge in [-0.25, -0.2) is 8.42 Å². The van der Waals surface area contributed by atoms with E-state index >= 15 is 0 Å². The van der Waals surface area contributed by atoms with Gasteiger partial charge in [-0.15, -0.1) is 0 Å². The van der Waals surface area contributed by atoms with Gasteiger partial charge in [0, 0.05) is 24.2 Å². The van der Waals surface area contributed by atoms with E-state index in [2.05, 4.69) is 0 Å². The van der Waals surface area contributed by atoms with E-state index in [9.17, 15) is 13.2 Å². The molecule has 0 spiro atoms. The van der Waals surface area contributed by atoms with Crippen LogP contribution < -0.4 is 4.74 Å². The van der Waals surface area contributed by atoms with Crippen molar-refractivity contribution in [1.29, 1.82) is 0 Å². The highest BCUT2D eigenvalue weighted by atomic mass is 35.5. The van der Waals surface area contributed by atoms with Gasteiger partial charge in [0.25, 0.3) is 5.91 Å². The molecule has 0 aromatic heterocycles. The van der Waals surface area contributed by atoms with E-state index < -0.39 is 9.84 Å². The molecule has 1 aromatic rings. The third-order valence-corrected chi connectivity index (χ3v) is 6.92. The summed E-state index contributed by atoms with van der Waals surface area (Å²) in [6.45, 7) is 0.841. The standard InChI is InChI=1S/C17H21Cl2NO5S/c18-12-3-4-16(15(19)8-12)25-10-17(21)20(9-14-2-1-6-24-14)13-5-7-26(22,23)11-13/h3-4,8,13-14H,1-2,5-7,9-11H2. The lowest BCUT2D eigenvalue weighted by atomic mass is 10.1. The van der Waals surface area contributed by atoms with Crippen molar-refractivity contribution in [2.24, 2.45) is 0 Å². The van der Waals surface area contributed by atoms with Crippen molar-refractivity contribution in [3.63, 3.8) is 0 Å². The van der Waals surface area contributed by atoms with Crippen molar-refractivity contribution in [2.45, 2.75) is 31.4 Å². The number of nitrogens with zero attached hydrogens (tertiary/aromatic N) is 1. The second-order valence-electron chi connectivity index (χ2n) is 6.60. The average Bonchev–Trinajstić information content (AvgIpc) is 3.20. The zero-order chi connectivity index (χ0) is 18.7. The first-order chi connectivity index (χ1) is 12.3. The first-order valence-corrected chi connectivity index (χ1v) is 11.1. The van der Waals surface area contributed by atoms with Gasteiger partial charge in [0.15, 0.2) is 16.4 Å². The normalized spacial score (nSPS) is 24.5. The largest absolute Gasteiger partial charge is 0.482 e. The van der Waals surface area contributed by atoms with E-state index in [-0.39, 0.29) is 36.2 Å². The van der Waals surface area contributed by atoms with Crippen molar-refractivity contribution in [1.82, 2.24) is 4.90 Å². The Morgan fingerprint density at radius 2 is 2.12 bits per heavy atom.